The van der Waals surface area contributed by atoms with Crippen molar-refractivity contribution >= 4 is 46.4 Å². The highest BCUT2D eigenvalue weighted by molar-refractivity contribution is 6.30. The Labute approximate surface area is 95.2 Å². The van der Waals surface area contributed by atoms with Crippen LogP contribution in [0.1, 0.15) is 6.42 Å². The molecule has 0 aliphatic rings. The van der Waals surface area contributed by atoms with Crippen molar-refractivity contribution in [2.24, 2.45) is 0 Å². The maximum Gasteiger partial charge on any atom is 0.361 e. The summed E-state index contributed by atoms with van der Waals surface area (Å²) in [6.07, 6.45) is 0.348. The topological polar surface area (TPSA) is 9.23 Å². The third-order valence-electron chi connectivity index (χ3n) is 1.12. The van der Waals surface area contributed by atoms with E-state index in [1.807, 2.05) is 0 Å². The zero-order valence-corrected chi connectivity index (χ0v) is 9.48. The maximum absolute atomic E-state index is 12.2. The molecule has 7 heteroatoms. The fourth-order valence-electron chi connectivity index (χ4n) is 0.471. The summed E-state index contributed by atoms with van der Waals surface area (Å²) < 4.78 is 28.9. The Bertz CT molecular complexity index is 141. The third kappa shape index (κ3) is 6.97. The van der Waals surface area contributed by atoms with Gasteiger partial charge in [-0.1, -0.05) is 11.6 Å². The van der Waals surface area contributed by atoms with Gasteiger partial charge in [0.25, 0.3) is 0 Å². The van der Waals surface area contributed by atoms with Crippen molar-refractivity contribution in [3.8, 4) is 0 Å². The minimum atomic E-state index is -3.57. The zero-order valence-electron chi connectivity index (χ0n) is 6.45. The Balaban J connectivity index is 3.54. The second-order valence-corrected chi connectivity index (χ2v) is 4.09. The van der Waals surface area contributed by atoms with Crippen molar-refractivity contribution in [1.29, 1.82) is 0 Å². The lowest BCUT2D eigenvalue weighted by atomic mass is 10.3. The smallest absolute Gasteiger partial charge is 0.355 e. The van der Waals surface area contributed by atoms with E-state index in [0.29, 0.717) is 6.42 Å². The summed E-state index contributed by atoms with van der Waals surface area (Å²) >= 11 is 20.6. The van der Waals surface area contributed by atoms with Crippen LogP contribution in [-0.2, 0) is 4.74 Å². The van der Waals surface area contributed by atoms with E-state index in [4.69, 9.17) is 34.8 Å². The Morgan fingerprint density at radius 2 is 1.85 bits per heavy atom. The molecule has 2 atom stereocenters. The molecule has 0 spiro atoms. The highest BCUT2D eigenvalue weighted by atomic mass is 35.5. The highest BCUT2D eigenvalue weighted by Gasteiger charge is 2.36. The molecule has 80 valence electrons. The average Bonchev–Trinajstić information content (AvgIpc) is 2.02. The van der Waals surface area contributed by atoms with Crippen LogP contribution in [0, 0.1) is 0 Å². The second-order valence-electron chi connectivity index (χ2n) is 2.27. The number of hydrogen-bond donors (Lipinski definition) is 0. The van der Waals surface area contributed by atoms with Crippen molar-refractivity contribution in [3.05, 3.63) is 0 Å². The first-order valence-electron chi connectivity index (χ1n) is 3.40. The van der Waals surface area contributed by atoms with Crippen LogP contribution in [0.4, 0.5) is 8.78 Å². The summed E-state index contributed by atoms with van der Waals surface area (Å²) in [7, 11) is 0. The molecule has 0 amide bonds. The first-order chi connectivity index (χ1) is 5.88. The minimum Gasteiger partial charge on any atom is -0.355 e. The van der Waals surface area contributed by atoms with E-state index in [0.717, 1.165) is 0 Å². The monoisotopic (exact) mass is 274 g/mol. The lowest BCUT2D eigenvalue weighted by Crippen LogP contribution is -2.26. The molecule has 0 heterocycles. The van der Waals surface area contributed by atoms with Gasteiger partial charge in [-0.15, -0.1) is 23.2 Å². The van der Waals surface area contributed by atoms with E-state index in [1.165, 1.54) is 0 Å². The van der Waals surface area contributed by atoms with E-state index in [1.54, 1.807) is 0 Å². The van der Waals surface area contributed by atoms with Crippen molar-refractivity contribution < 1.29 is 13.5 Å². The molecule has 1 nitrogen and oxygen atoms in total. The summed E-state index contributed by atoms with van der Waals surface area (Å²) in [6, 6.07) is 0. The van der Waals surface area contributed by atoms with Crippen molar-refractivity contribution in [3.63, 3.8) is 0 Å². The van der Waals surface area contributed by atoms with Crippen LogP contribution in [-0.4, -0.2) is 28.8 Å². The van der Waals surface area contributed by atoms with Crippen LogP contribution < -0.4 is 0 Å². The van der Waals surface area contributed by atoms with Crippen molar-refractivity contribution in [1.82, 2.24) is 0 Å². The molecule has 0 bridgehead atoms. The number of hydrogen-bond acceptors (Lipinski definition) is 1. The first kappa shape index (κ1) is 14.0. The van der Waals surface area contributed by atoms with Gasteiger partial charge in [0.15, 0.2) is 0 Å². The lowest BCUT2D eigenvalue weighted by molar-refractivity contribution is -0.0398. The number of rotatable bonds is 6. The highest BCUT2D eigenvalue weighted by Crippen LogP contribution is 2.28. The van der Waals surface area contributed by atoms with E-state index < -0.39 is 10.9 Å². The normalized spacial score (nSPS) is 17.1. The fourth-order valence-corrected chi connectivity index (χ4v) is 0.867. The van der Waals surface area contributed by atoms with Gasteiger partial charge in [0.2, 0.25) is 5.56 Å². The summed E-state index contributed by atoms with van der Waals surface area (Å²) in [6.45, 7) is -0.00262. The van der Waals surface area contributed by atoms with E-state index >= 15 is 0 Å². The molecule has 0 saturated carbocycles. The molecule has 0 rings (SSSR count). The van der Waals surface area contributed by atoms with Crippen LogP contribution >= 0.6 is 46.4 Å². The molecule has 0 N–H and O–H groups in total. The van der Waals surface area contributed by atoms with Crippen LogP contribution in [0.5, 0.6) is 0 Å². The summed E-state index contributed by atoms with van der Waals surface area (Å²) in [4.78, 5) is 0. The summed E-state index contributed by atoms with van der Waals surface area (Å²) in [5.41, 5.74) is -1.84. The molecule has 0 radical (unpaired) electrons. The largest absolute Gasteiger partial charge is 0.361 e. The predicted molar refractivity (Wildman–Crippen MR) is 51.4 cm³/mol. The van der Waals surface area contributed by atoms with Crippen molar-refractivity contribution in [2.45, 2.75) is 22.7 Å². The summed E-state index contributed by atoms with van der Waals surface area (Å²) in [5.74, 6) is 0.231. The van der Waals surface area contributed by atoms with Crippen LogP contribution in [0.3, 0.4) is 0 Å². The molecule has 0 fully saturated rings. The van der Waals surface area contributed by atoms with Gasteiger partial charge in [0.05, 0.1) is 6.61 Å². The quantitative estimate of drug-likeness (QED) is 0.673. The standard InChI is InChI=1S/C6H8Cl4F2O/c7-3-4(8)1-2-13-5(9)6(10,11)12/h4-5H,1-3H2. The molecule has 13 heavy (non-hydrogen) atoms. The molecular weight excluding hydrogens is 268 g/mol. The SMILES string of the molecule is FC(F)(Cl)C(Cl)OCCC(Cl)CCl. The number of halogens is 6. The van der Waals surface area contributed by atoms with Gasteiger partial charge in [-0.2, -0.15) is 8.78 Å². The van der Waals surface area contributed by atoms with Gasteiger partial charge in [0.1, 0.15) is 0 Å². The van der Waals surface area contributed by atoms with Crippen molar-refractivity contribution in [2.75, 3.05) is 12.5 Å². The van der Waals surface area contributed by atoms with Gasteiger partial charge in [-0.3, -0.25) is 0 Å². The molecule has 0 aliphatic heterocycles. The molecule has 0 saturated heterocycles. The average molecular weight is 276 g/mol. The first-order valence-corrected chi connectivity index (χ1v) is 5.19. The van der Waals surface area contributed by atoms with Crippen LogP contribution in [0.2, 0.25) is 0 Å². The van der Waals surface area contributed by atoms with Crippen LogP contribution in [0.25, 0.3) is 0 Å². The van der Waals surface area contributed by atoms with Gasteiger partial charge >= 0.3 is 5.38 Å². The fraction of sp³-hybridized carbons (Fsp3) is 1.00. The predicted octanol–water partition coefficient (Wildman–Crippen LogP) is 3.64. The molecular formula is C6H8Cl4F2O. The summed E-state index contributed by atoms with van der Waals surface area (Å²) in [5, 5.41) is -3.88. The molecule has 0 aromatic heterocycles. The van der Waals surface area contributed by atoms with Crippen LogP contribution in [0.15, 0.2) is 0 Å². The maximum atomic E-state index is 12.2. The minimum absolute atomic E-state index is 0.00262. The molecule has 0 aliphatic carbocycles. The molecule has 0 aromatic carbocycles. The Kier molecular flexibility index (Phi) is 6.95. The van der Waals surface area contributed by atoms with Gasteiger partial charge in [0, 0.05) is 11.3 Å². The molecule has 2 unspecified atom stereocenters. The number of ether oxygens (including phenoxy) is 1. The van der Waals surface area contributed by atoms with E-state index in [-0.39, 0.29) is 17.9 Å². The molecule has 0 aromatic rings. The van der Waals surface area contributed by atoms with E-state index in [2.05, 4.69) is 16.3 Å². The second kappa shape index (κ2) is 6.46. The Hall–Kier alpha value is 0.980. The van der Waals surface area contributed by atoms with Gasteiger partial charge in [-0.25, -0.2) is 0 Å². The number of alkyl halides is 6. The van der Waals surface area contributed by atoms with E-state index in [9.17, 15) is 8.78 Å². The third-order valence-corrected chi connectivity index (χ3v) is 2.73. The Morgan fingerprint density at radius 3 is 2.23 bits per heavy atom. The van der Waals surface area contributed by atoms with Gasteiger partial charge < -0.3 is 4.74 Å². The lowest BCUT2D eigenvalue weighted by Gasteiger charge is -2.16. The zero-order chi connectivity index (χ0) is 10.5. The van der Waals surface area contributed by atoms with Gasteiger partial charge in [-0.05, 0) is 18.0 Å². The Morgan fingerprint density at radius 1 is 1.31 bits per heavy atom.